The summed E-state index contributed by atoms with van der Waals surface area (Å²) in [5, 5.41) is 9.59. The van der Waals surface area contributed by atoms with Gasteiger partial charge in [-0.25, -0.2) is 0 Å². The molecule has 0 fully saturated rings. The highest BCUT2D eigenvalue weighted by Crippen LogP contribution is 2.07. The molecule has 1 atom stereocenters. The molecule has 0 aromatic carbocycles. The molecule has 0 amide bonds. The zero-order valence-corrected chi connectivity index (χ0v) is 11.4. The van der Waals surface area contributed by atoms with E-state index in [9.17, 15) is 9.90 Å². The lowest BCUT2D eigenvalue weighted by Crippen LogP contribution is -2.16. The molecule has 0 aliphatic heterocycles. The number of carbonyl (C=O) groups is 1. The van der Waals surface area contributed by atoms with Crippen LogP contribution in [0.3, 0.4) is 0 Å². The first-order valence-electron chi connectivity index (χ1n) is 7.04. The summed E-state index contributed by atoms with van der Waals surface area (Å²) in [6.07, 6.45) is 8.00. The lowest BCUT2D eigenvalue weighted by Gasteiger charge is -2.10. The average molecular weight is 244 g/mol. The van der Waals surface area contributed by atoms with Crippen molar-refractivity contribution in [1.82, 2.24) is 0 Å². The first-order valence-corrected chi connectivity index (χ1v) is 7.04. The van der Waals surface area contributed by atoms with Crippen LogP contribution < -0.4 is 0 Å². The Hall–Kier alpha value is -0.570. The van der Waals surface area contributed by atoms with Gasteiger partial charge >= 0.3 is 5.97 Å². The molecule has 0 spiro atoms. The minimum atomic E-state index is -0.523. The molecule has 0 saturated heterocycles. The first-order chi connectivity index (χ1) is 8.20. The lowest BCUT2D eigenvalue weighted by molar-refractivity contribution is -0.146. The van der Waals surface area contributed by atoms with Gasteiger partial charge in [0.2, 0.25) is 0 Å². The predicted octanol–water partition coefficient (Wildman–Crippen LogP) is 3.44. The monoisotopic (exact) mass is 244 g/mol. The molecule has 0 radical (unpaired) electrons. The first kappa shape index (κ1) is 16.4. The van der Waals surface area contributed by atoms with Crippen LogP contribution in [0.15, 0.2) is 0 Å². The molecule has 0 heterocycles. The van der Waals surface area contributed by atoms with Gasteiger partial charge in [-0.1, -0.05) is 52.4 Å². The van der Waals surface area contributed by atoms with Crippen molar-refractivity contribution >= 4 is 5.97 Å². The molecule has 3 nitrogen and oxygen atoms in total. The third-order valence-corrected chi connectivity index (χ3v) is 2.80. The number of aliphatic hydroxyl groups is 1. The zero-order valence-electron chi connectivity index (χ0n) is 11.4. The van der Waals surface area contributed by atoms with Crippen molar-refractivity contribution in [2.75, 3.05) is 6.61 Å². The minimum absolute atomic E-state index is 0.150. The molecule has 0 aliphatic carbocycles. The van der Waals surface area contributed by atoms with Gasteiger partial charge in [0.25, 0.3) is 0 Å². The zero-order chi connectivity index (χ0) is 12.9. The van der Waals surface area contributed by atoms with Crippen LogP contribution in [0.5, 0.6) is 0 Å². The molecule has 1 N–H and O–H groups in total. The van der Waals surface area contributed by atoms with Crippen molar-refractivity contribution in [2.24, 2.45) is 0 Å². The minimum Gasteiger partial charge on any atom is -0.466 e. The highest BCUT2D eigenvalue weighted by Gasteiger charge is 2.11. The molecular weight excluding hydrogens is 216 g/mol. The standard InChI is InChI=1S/C14H28O3/c1-3-5-7-9-11-17-14(16)12-13(15)10-8-6-4-2/h13,15H,3-12H2,1-2H3. The fourth-order valence-electron chi connectivity index (χ4n) is 1.70. The third-order valence-electron chi connectivity index (χ3n) is 2.80. The Morgan fingerprint density at radius 3 is 2.35 bits per heavy atom. The Labute approximate surface area is 106 Å². The van der Waals surface area contributed by atoms with Gasteiger partial charge in [0.15, 0.2) is 0 Å². The van der Waals surface area contributed by atoms with Gasteiger partial charge in [-0.2, -0.15) is 0 Å². The van der Waals surface area contributed by atoms with Gasteiger partial charge in [0.05, 0.1) is 19.1 Å². The SMILES string of the molecule is CCCCCCOC(=O)CC(O)CCCCC. The van der Waals surface area contributed by atoms with E-state index in [0.717, 1.165) is 32.1 Å². The Kier molecular flexibility index (Phi) is 11.5. The quantitative estimate of drug-likeness (QED) is 0.447. The second kappa shape index (κ2) is 11.9. The summed E-state index contributed by atoms with van der Waals surface area (Å²) in [5.41, 5.74) is 0. The normalized spacial score (nSPS) is 12.4. The average Bonchev–Trinajstić information content (AvgIpc) is 2.29. The van der Waals surface area contributed by atoms with Crippen LogP contribution in [-0.4, -0.2) is 23.8 Å². The highest BCUT2D eigenvalue weighted by molar-refractivity contribution is 5.69. The van der Waals surface area contributed by atoms with Crippen molar-refractivity contribution < 1.29 is 14.6 Å². The molecule has 0 saturated carbocycles. The number of esters is 1. The van der Waals surface area contributed by atoms with Crippen LogP contribution in [0.1, 0.15) is 71.6 Å². The van der Waals surface area contributed by atoms with Crippen LogP contribution >= 0.6 is 0 Å². The summed E-state index contributed by atoms with van der Waals surface area (Å²) in [4.78, 5) is 11.3. The Balaban J connectivity index is 3.37. The number of rotatable bonds is 11. The third kappa shape index (κ3) is 11.7. The Bertz CT molecular complexity index is 180. The summed E-state index contributed by atoms with van der Waals surface area (Å²) in [6, 6.07) is 0. The van der Waals surface area contributed by atoms with Crippen LogP contribution in [0.25, 0.3) is 0 Å². The molecular formula is C14H28O3. The summed E-state index contributed by atoms with van der Waals surface area (Å²) < 4.78 is 5.07. The Morgan fingerprint density at radius 2 is 1.71 bits per heavy atom. The van der Waals surface area contributed by atoms with E-state index in [1.807, 2.05) is 0 Å². The van der Waals surface area contributed by atoms with E-state index in [0.29, 0.717) is 13.0 Å². The van der Waals surface area contributed by atoms with Gasteiger partial charge in [-0.3, -0.25) is 4.79 Å². The highest BCUT2D eigenvalue weighted by atomic mass is 16.5. The Morgan fingerprint density at radius 1 is 1.06 bits per heavy atom. The van der Waals surface area contributed by atoms with Gasteiger partial charge in [-0.05, 0) is 12.8 Å². The topological polar surface area (TPSA) is 46.5 Å². The van der Waals surface area contributed by atoms with E-state index in [4.69, 9.17) is 4.74 Å². The van der Waals surface area contributed by atoms with E-state index in [-0.39, 0.29) is 12.4 Å². The molecule has 0 aromatic heterocycles. The van der Waals surface area contributed by atoms with E-state index in [2.05, 4.69) is 13.8 Å². The summed E-state index contributed by atoms with van der Waals surface area (Å²) >= 11 is 0. The number of ether oxygens (including phenoxy) is 1. The maximum atomic E-state index is 11.3. The molecule has 102 valence electrons. The smallest absolute Gasteiger partial charge is 0.308 e. The lowest BCUT2D eigenvalue weighted by atomic mass is 10.1. The van der Waals surface area contributed by atoms with E-state index in [1.54, 1.807) is 0 Å². The van der Waals surface area contributed by atoms with Gasteiger partial charge < -0.3 is 9.84 Å². The number of aliphatic hydroxyl groups excluding tert-OH is 1. The summed E-state index contributed by atoms with van der Waals surface area (Å²) in [6.45, 7) is 4.77. The van der Waals surface area contributed by atoms with Crippen molar-refractivity contribution in [1.29, 1.82) is 0 Å². The van der Waals surface area contributed by atoms with E-state index >= 15 is 0 Å². The maximum Gasteiger partial charge on any atom is 0.308 e. The van der Waals surface area contributed by atoms with Gasteiger partial charge in [0, 0.05) is 0 Å². The molecule has 17 heavy (non-hydrogen) atoms. The molecule has 0 aromatic rings. The van der Waals surface area contributed by atoms with Crippen LogP contribution in [0.2, 0.25) is 0 Å². The fraction of sp³-hybridized carbons (Fsp3) is 0.929. The summed E-state index contributed by atoms with van der Waals surface area (Å²) in [5.74, 6) is -0.259. The molecule has 0 rings (SSSR count). The van der Waals surface area contributed by atoms with Crippen molar-refractivity contribution in [3.63, 3.8) is 0 Å². The predicted molar refractivity (Wildman–Crippen MR) is 69.9 cm³/mol. The van der Waals surface area contributed by atoms with E-state index in [1.165, 1.54) is 12.8 Å². The largest absolute Gasteiger partial charge is 0.466 e. The van der Waals surface area contributed by atoms with Crippen LogP contribution in [0, 0.1) is 0 Å². The number of carbonyl (C=O) groups excluding carboxylic acids is 1. The van der Waals surface area contributed by atoms with Crippen LogP contribution in [-0.2, 0) is 9.53 Å². The second-order valence-electron chi connectivity index (χ2n) is 4.63. The van der Waals surface area contributed by atoms with Crippen molar-refractivity contribution in [2.45, 2.75) is 77.7 Å². The van der Waals surface area contributed by atoms with Crippen molar-refractivity contribution in [3.8, 4) is 0 Å². The molecule has 0 aliphatic rings. The molecule has 3 heteroatoms. The number of hydrogen-bond acceptors (Lipinski definition) is 3. The molecule has 0 bridgehead atoms. The molecule has 1 unspecified atom stereocenters. The number of hydrogen-bond donors (Lipinski definition) is 1. The second-order valence-corrected chi connectivity index (χ2v) is 4.63. The van der Waals surface area contributed by atoms with Crippen molar-refractivity contribution in [3.05, 3.63) is 0 Å². The maximum absolute atomic E-state index is 11.3. The van der Waals surface area contributed by atoms with E-state index < -0.39 is 6.10 Å². The summed E-state index contributed by atoms with van der Waals surface area (Å²) in [7, 11) is 0. The van der Waals surface area contributed by atoms with Crippen LogP contribution in [0.4, 0.5) is 0 Å². The van der Waals surface area contributed by atoms with Gasteiger partial charge in [-0.15, -0.1) is 0 Å². The van der Waals surface area contributed by atoms with Gasteiger partial charge in [0.1, 0.15) is 0 Å². The number of unbranched alkanes of at least 4 members (excludes halogenated alkanes) is 5. The fourth-order valence-corrected chi connectivity index (χ4v) is 1.70.